The topological polar surface area (TPSA) is 69.6 Å². The van der Waals surface area contributed by atoms with Crippen LogP contribution in [-0.2, 0) is 9.59 Å². The van der Waals surface area contributed by atoms with E-state index in [-0.39, 0.29) is 12.5 Å². The molecule has 1 fully saturated rings. The minimum atomic E-state index is -4.29. The third-order valence-electron chi connectivity index (χ3n) is 4.06. The highest BCUT2D eigenvalue weighted by Gasteiger charge is 2.36. The molecule has 5 nitrogen and oxygen atoms in total. The molecule has 8 heteroatoms. The molecule has 0 aromatic carbocycles. The first-order chi connectivity index (χ1) is 10.1. The Hall–Kier alpha value is -1.31. The van der Waals surface area contributed by atoms with Crippen LogP contribution in [0.2, 0.25) is 0 Å². The van der Waals surface area contributed by atoms with Crippen LogP contribution in [0.15, 0.2) is 0 Å². The van der Waals surface area contributed by atoms with E-state index in [0.717, 1.165) is 0 Å². The zero-order valence-corrected chi connectivity index (χ0v) is 12.8. The predicted octanol–water partition coefficient (Wildman–Crippen LogP) is 1.88. The third kappa shape index (κ3) is 5.82. The number of hydrogen-bond donors (Lipinski definition) is 2. The van der Waals surface area contributed by atoms with Crippen molar-refractivity contribution in [3.05, 3.63) is 0 Å². The summed E-state index contributed by atoms with van der Waals surface area (Å²) in [6.07, 6.45) is -2.73. The molecule has 0 saturated carbocycles. The van der Waals surface area contributed by atoms with Gasteiger partial charge < -0.3 is 10.4 Å². The van der Waals surface area contributed by atoms with Crippen LogP contribution in [0.1, 0.15) is 33.1 Å². The van der Waals surface area contributed by atoms with Gasteiger partial charge in [0.25, 0.3) is 0 Å². The molecule has 0 aromatic rings. The molecule has 1 rings (SSSR count). The maximum atomic E-state index is 12.4. The number of likely N-dealkylation sites (tertiary alicyclic amines) is 1. The lowest BCUT2D eigenvalue weighted by Crippen LogP contribution is -2.51. The normalized spacial score (nSPS) is 22.9. The number of carboxylic acids is 1. The monoisotopic (exact) mass is 324 g/mol. The van der Waals surface area contributed by atoms with Crippen molar-refractivity contribution in [2.24, 2.45) is 11.8 Å². The van der Waals surface area contributed by atoms with Crippen LogP contribution in [0.3, 0.4) is 0 Å². The summed E-state index contributed by atoms with van der Waals surface area (Å²) >= 11 is 0. The fourth-order valence-electron chi connectivity index (χ4n) is 2.62. The van der Waals surface area contributed by atoms with Crippen LogP contribution in [0, 0.1) is 11.8 Å². The van der Waals surface area contributed by atoms with Gasteiger partial charge in [0.05, 0.1) is 12.5 Å². The van der Waals surface area contributed by atoms with Crippen LogP contribution in [0.25, 0.3) is 0 Å². The molecule has 0 bridgehead atoms. The minimum absolute atomic E-state index is 0.0121. The number of carbonyl (C=O) groups excluding carboxylic acids is 1. The fraction of sp³-hybridized carbons (Fsp3) is 0.857. The second-order valence-electron chi connectivity index (χ2n) is 5.90. The molecule has 0 radical (unpaired) electrons. The van der Waals surface area contributed by atoms with Gasteiger partial charge in [-0.3, -0.25) is 9.69 Å². The Bertz CT molecular complexity index is 401. The number of alkyl halides is 3. The second-order valence-corrected chi connectivity index (χ2v) is 5.90. The van der Waals surface area contributed by atoms with Crippen LogP contribution >= 0.6 is 0 Å². The second kappa shape index (κ2) is 7.80. The van der Waals surface area contributed by atoms with E-state index in [1.54, 1.807) is 6.92 Å². The van der Waals surface area contributed by atoms with E-state index in [2.05, 4.69) is 5.32 Å². The lowest BCUT2D eigenvalue weighted by atomic mass is 9.94. The van der Waals surface area contributed by atoms with Crippen LogP contribution in [0.5, 0.6) is 0 Å². The Morgan fingerprint density at radius 2 is 2.05 bits per heavy atom. The molecule has 1 amide bonds. The number of piperidine rings is 1. The zero-order valence-electron chi connectivity index (χ0n) is 12.8. The Balaban J connectivity index is 2.62. The van der Waals surface area contributed by atoms with E-state index < -0.39 is 36.6 Å². The molecule has 0 spiro atoms. The van der Waals surface area contributed by atoms with Crippen molar-refractivity contribution in [1.29, 1.82) is 0 Å². The van der Waals surface area contributed by atoms with E-state index >= 15 is 0 Å². The molecule has 0 aromatic heterocycles. The predicted molar refractivity (Wildman–Crippen MR) is 74.2 cm³/mol. The molecule has 1 heterocycles. The maximum Gasteiger partial charge on any atom is 0.401 e. The van der Waals surface area contributed by atoms with Gasteiger partial charge in [-0.2, -0.15) is 13.2 Å². The average molecular weight is 324 g/mol. The van der Waals surface area contributed by atoms with Crippen molar-refractivity contribution in [1.82, 2.24) is 10.2 Å². The van der Waals surface area contributed by atoms with Gasteiger partial charge in [-0.05, 0) is 25.3 Å². The van der Waals surface area contributed by atoms with Gasteiger partial charge in [0.1, 0.15) is 6.04 Å². The van der Waals surface area contributed by atoms with E-state index in [4.69, 9.17) is 5.11 Å². The zero-order chi connectivity index (χ0) is 16.9. The number of nitrogens with zero attached hydrogens (tertiary/aromatic N) is 1. The molecule has 128 valence electrons. The summed E-state index contributed by atoms with van der Waals surface area (Å²) in [5, 5.41) is 11.6. The van der Waals surface area contributed by atoms with Crippen molar-refractivity contribution < 1.29 is 27.9 Å². The highest BCUT2D eigenvalue weighted by molar-refractivity contribution is 5.85. The Labute approximate surface area is 127 Å². The van der Waals surface area contributed by atoms with Gasteiger partial charge in [-0.25, -0.2) is 4.79 Å². The van der Waals surface area contributed by atoms with Crippen LogP contribution in [0.4, 0.5) is 13.2 Å². The van der Waals surface area contributed by atoms with E-state index in [1.807, 2.05) is 6.92 Å². The van der Waals surface area contributed by atoms with E-state index in [9.17, 15) is 22.8 Å². The maximum absolute atomic E-state index is 12.4. The van der Waals surface area contributed by atoms with E-state index in [0.29, 0.717) is 25.8 Å². The van der Waals surface area contributed by atoms with Crippen molar-refractivity contribution in [3.8, 4) is 0 Å². The standard InChI is InChI=1S/C14H23F3N2O3/c1-3-9(2)11(13(21)22)18-12(20)10-5-4-6-19(7-10)8-14(15,16)17/h9-11H,3-8H2,1-2H3,(H,18,20)(H,21,22)/t9-,10?,11-/m0/s1. The number of aliphatic carboxylic acids is 1. The van der Waals surface area contributed by atoms with Crippen molar-refractivity contribution in [2.45, 2.75) is 45.3 Å². The average Bonchev–Trinajstić information content (AvgIpc) is 2.41. The molecular weight excluding hydrogens is 301 g/mol. The molecule has 2 N–H and O–H groups in total. The summed E-state index contributed by atoms with van der Waals surface area (Å²) in [5.74, 6) is -2.43. The SMILES string of the molecule is CC[C@H](C)[C@H](NC(=O)C1CCCN(CC(F)(F)F)C1)C(=O)O. The highest BCUT2D eigenvalue weighted by atomic mass is 19.4. The van der Waals surface area contributed by atoms with Gasteiger partial charge >= 0.3 is 12.1 Å². The Morgan fingerprint density at radius 3 is 2.55 bits per heavy atom. The van der Waals surface area contributed by atoms with Gasteiger partial charge in [0.2, 0.25) is 5.91 Å². The first-order valence-corrected chi connectivity index (χ1v) is 7.46. The minimum Gasteiger partial charge on any atom is -0.480 e. The smallest absolute Gasteiger partial charge is 0.401 e. The molecule has 1 aliphatic heterocycles. The number of carbonyl (C=O) groups is 2. The first kappa shape index (κ1) is 18.7. The number of halogens is 3. The molecule has 1 saturated heterocycles. The summed E-state index contributed by atoms with van der Waals surface area (Å²) in [7, 11) is 0. The number of rotatable bonds is 6. The first-order valence-electron chi connectivity index (χ1n) is 7.46. The Morgan fingerprint density at radius 1 is 1.41 bits per heavy atom. The van der Waals surface area contributed by atoms with Crippen molar-refractivity contribution in [2.75, 3.05) is 19.6 Å². The molecule has 0 aliphatic carbocycles. The molecular formula is C14H23F3N2O3. The van der Waals surface area contributed by atoms with Crippen LogP contribution in [-0.4, -0.2) is 53.7 Å². The number of amides is 1. The summed E-state index contributed by atoms with van der Waals surface area (Å²) in [6, 6.07) is -1.00. The number of carboxylic acid groups (broad SMARTS) is 1. The highest BCUT2D eigenvalue weighted by Crippen LogP contribution is 2.23. The van der Waals surface area contributed by atoms with Gasteiger partial charge in [0.15, 0.2) is 0 Å². The summed E-state index contributed by atoms with van der Waals surface area (Å²) < 4.78 is 37.2. The molecule has 1 unspecified atom stereocenters. The van der Waals surface area contributed by atoms with Gasteiger partial charge in [-0.15, -0.1) is 0 Å². The van der Waals surface area contributed by atoms with Crippen LogP contribution < -0.4 is 5.32 Å². The van der Waals surface area contributed by atoms with Crippen molar-refractivity contribution in [3.63, 3.8) is 0 Å². The number of nitrogens with one attached hydrogen (secondary N) is 1. The summed E-state index contributed by atoms with van der Waals surface area (Å²) in [5.41, 5.74) is 0. The molecule has 1 aliphatic rings. The van der Waals surface area contributed by atoms with E-state index in [1.165, 1.54) is 4.90 Å². The lowest BCUT2D eigenvalue weighted by Gasteiger charge is -2.33. The van der Waals surface area contributed by atoms with Crippen molar-refractivity contribution >= 4 is 11.9 Å². The third-order valence-corrected chi connectivity index (χ3v) is 4.06. The quantitative estimate of drug-likeness (QED) is 0.783. The largest absolute Gasteiger partial charge is 0.480 e. The summed E-state index contributed by atoms with van der Waals surface area (Å²) in [6.45, 7) is 2.81. The fourth-order valence-corrected chi connectivity index (χ4v) is 2.62. The van der Waals surface area contributed by atoms with Gasteiger partial charge in [-0.1, -0.05) is 20.3 Å². The van der Waals surface area contributed by atoms with Gasteiger partial charge in [0, 0.05) is 6.54 Å². The lowest BCUT2D eigenvalue weighted by molar-refractivity contribution is -0.152. The molecule has 22 heavy (non-hydrogen) atoms. The summed E-state index contributed by atoms with van der Waals surface area (Å²) in [4.78, 5) is 24.6. The molecule has 3 atom stereocenters. The number of hydrogen-bond acceptors (Lipinski definition) is 3. The Kier molecular flexibility index (Phi) is 6.65.